The van der Waals surface area contributed by atoms with Crippen LogP contribution >= 0.6 is 0 Å². The van der Waals surface area contributed by atoms with Crippen LogP contribution < -0.4 is 9.04 Å². The van der Waals surface area contributed by atoms with Crippen molar-refractivity contribution in [1.29, 1.82) is 0 Å². The summed E-state index contributed by atoms with van der Waals surface area (Å²) in [6, 6.07) is 18.1. The number of methoxy groups -OCH3 is 1. The van der Waals surface area contributed by atoms with Crippen molar-refractivity contribution in [2.75, 3.05) is 18.0 Å². The van der Waals surface area contributed by atoms with Crippen molar-refractivity contribution in [2.24, 2.45) is 0 Å². The van der Waals surface area contributed by atoms with Crippen LogP contribution in [0.3, 0.4) is 0 Å². The van der Waals surface area contributed by atoms with Gasteiger partial charge in [-0.15, -0.1) is 0 Å². The second-order valence-electron chi connectivity index (χ2n) is 7.64. The Kier molecular flexibility index (Phi) is 7.73. The predicted octanol–water partition coefficient (Wildman–Crippen LogP) is 4.78. The third-order valence-electron chi connectivity index (χ3n) is 5.37. The molecular formula is C26H27NO6S. The first kappa shape index (κ1) is 25.0. The van der Waals surface area contributed by atoms with Gasteiger partial charge < -0.3 is 9.47 Å². The van der Waals surface area contributed by atoms with Crippen LogP contribution in [0.1, 0.15) is 45.7 Å². The Balaban J connectivity index is 1.88. The first-order valence-electron chi connectivity index (χ1n) is 10.7. The fourth-order valence-corrected chi connectivity index (χ4v) is 5.27. The highest BCUT2D eigenvalue weighted by molar-refractivity contribution is 7.92. The predicted molar refractivity (Wildman–Crippen MR) is 130 cm³/mol. The fourth-order valence-electron chi connectivity index (χ4n) is 3.55. The number of ether oxygens (including phenoxy) is 2. The van der Waals surface area contributed by atoms with Crippen LogP contribution in [0.15, 0.2) is 71.6 Å². The van der Waals surface area contributed by atoms with Gasteiger partial charge >= 0.3 is 5.97 Å². The quantitative estimate of drug-likeness (QED) is 0.323. The zero-order valence-corrected chi connectivity index (χ0v) is 20.4. The van der Waals surface area contributed by atoms with Crippen LogP contribution in [0.25, 0.3) is 0 Å². The molecule has 0 saturated heterocycles. The second kappa shape index (κ2) is 10.5. The molecule has 0 aliphatic rings. The number of ketones is 1. The molecule has 0 aromatic heterocycles. The Morgan fingerprint density at radius 1 is 0.941 bits per heavy atom. The van der Waals surface area contributed by atoms with Gasteiger partial charge in [0.2, 0.25) is 0 Å². The molecule has 0 aliphatic carbocycles. The van der Waals surface area contributed by atoms with Crippen LogP contribution in [0.4, 0.5) is 5.69 Å². The van der Waals surface area contributed by atoms with E-state index in [1.807, 2.05) is 6.07 Å². The summed E-state index contributed by atoms with van der Waals surface area (Å²) in [6.07, 6.45) is 0. The summed E-state index contributed by atoms with van der Waals surface area (Å²) < 4.78 is 38.9. The molecule has 0 fully saturated rings. The molecule has 3 aromatic carbocycles. The number of Topliss-reactive ketones (excluding diaryl/α,β-unsaturated/α-hetero) is 1. The molecule has 0 amide bonds. The van der Waals surface area contributed by atoms with E-state index in [1.54, 1.807) is 62.4 Å². The van der Waals surface area contributed by atoms with Gasteiger partial charge in [-0.1, -0.05) is 24.3 Å². The summed E-state index contributed by atoms with van der Waals surface area (Å²) in [4.78, 5) is 24.5. The van der Waals surface area contributed by atoms with Gasteiger partial charge in [-0.25, -0.2) is 13.2 Å². The SMILES string of the molecule is CCN(c1ccccc1)S(=O)(=O)c1cc(C(=O)OCc2cc(C(C)=O)ccc2OC)ccc1C. The van der Waals surface area contributed by atoms with Gasteiger partial charge in [0, 0.05) is 17.7 Å². The minimum atomic E-state index is -3.92. The summed E-state index contributed by atoms with van der Waals surface area (Å²) in [5, 5.41) is 0. The van der Waals surface area contributed by atoms with E-state index < -0.39 is 16.0 Å². The van der Waals surface area contributed by atoms with Gasteiger partial charge in [-0.2, -0.15) is 0 Å². The van der Waals surface area contributed by atoms with E-state index in [9.17, 15) is 18.0 Å². The largest absolute Gasteiger partial charge is 0.496 e. The Hall–Kier alpha value is -3.65. The van der Waals surface area contributed by atoms with Gasteiger partial charge in [-0.05, 0) is 68.8 Å². The third-order valence-corrected chi connectivity index (χ3v) is 7.41. The van der Waals surface area contributed by atoms with Crippen molar-refractivity contribution in [3.63, 3.8) is 0 Å². The van der Waals surface area contributed by atoms with E-state index in [0.717, 1.165) is 0 Å². The number of hydrogen-bond donors (Lipinski definition) is 0. The van der Waals surface area contributed by atoms with Crippen molar-refractivity contribution in [1.82, 2.24) is 0 Å². The molecule has 0 radical (unpaired) electrons. The molecule has 0 aliphatic heterocycles. The first-order valence-corrected chi connectivity index (χ1v) is 12.2. The van der Waals surface area contributed by atoms with Crippen molar-refractivity contribution in [3.05, 3.63) is 89.0 Å². The molecule has 3 aromatic rings. The molecular weight excluding hydrogens is 454 g/mol. The van der Waals surface area contributed by atoms with Crippen LogP contribution in [0, 0.1) is 6.92 Å². The lowest BCUT2D eigenvalue weighted by atomic mass is 10.1. The molecule has 0 heterocycles. The lowest BCUT2D eigenvalue weighted by Crippen LogP contribution is -2.31. The molecule has 0 atom stereocenters. The number of esters is 1. The van der Waals surface area contributed by atoms with Crippen LogP contribution in [0.5, 0.6) is 5.75 Å². The van der Waals surface area contributed by atoms with Crippen molar-refractivity contribution >= 4 is 27.5 Å². The third kappa shape index (κ3) is 5.28. The van der Waals surface area contributed by atoms with Gasteiger partial charge in [0.15, 0.2) is 5.78 Å². The number of rotatable bonds is 9. The monoisotopic (exact) mass is 481 g/mol. The molecule has 7 nitrogen and oxygen atoms in total. The maximum absolute atomic E-state index is 13.4. The van der Waals surface area contributed by atoms with Crippen LogP contribution in [-0.4, -0.2) is 33.8 Å². The number of nitrogens with zero attached hydrogens (tertiary/aromatic N) is 1. The number of benzene rings is 3. The van der Waals surface area contributed by atoms with Crippen molar-refractivity contribution in [2.45, 2.75) is 32.3 Å². The minimum Gasteiger partial charge on any atom is -0.496 e. The molecule has 0 N–H and O–H groups in total. The fraction of sp³-hybridized carbons (Fsp3) is 0.231. The molecule has 178 valence electrons. The highest BCUT2D eigenvalue weighted by Gasteiger charge is 2.26. The Morgan fingerprint density at radius 2 is 1.62 bits per heavy atom. The van der Waals surface area contributed by atoms with Crippen molar-refractivity contribution in [3.8, 4) is 5.75 Å². The highest BCUT2D eigenvalue weighted by atomic mass is 32.2. The summed E-state index contributed by atoms with van der Waals surface area (Å²) in [7, 11) is -2.43. The van der Waals surface area contributed by atoms with Gasteiger partial charge in [0.1, 0.15) is 12.4 Å². The number of carbonyl (C=O) groups is 2. The smallest absolute Gasteiger partial charge is 0.338 e. The maximum atomic E-state index is 13.4. The summed E-state index contributed by atoms with van der Waals surface area (Å²) >= 11 is 0. The number of aryl methyl sites for hydroxylation is 1. The Morgan fingerprint density at radius 3 is 2.24 bits per heavy atom. The zero-order valence-electron chi connectivity index (χ0n) is 19.6. The van der Waals surface area contributed by atoms with Crippen molar-refractivity contribution < 1.29 is 27.5 Å². The topological polar surface area (TPSA) is 90.0 Å². The van der Waals surface area contributed by atoms with E-state index >= 15 is 0 Å². The zero-order chi connectivity index (χ0) is 24.9. The van der Waals surface area contributed by atoms with E-state index in [4.69, 9.17) is 9.47 Å². The molecule has 0 bridgehead atoms. The average molecular weight is 482 g/mol. The Bertz CT molecular complexity index is 1300. The molecule has 3 rings (SSSR count). The normalized spacial score (nSPS) is 11.1. The molecule has 34 heavy (non-hydrogen) atoms. The van der Waals surface area contributed by atoms with E-state index in [0.29, 0.717) is 28.1 Å². The van der Waals surface area contributed by atoms with Gasteiger partial charge in [-0.3, -0.25) is 9.10 Å². The standard InChI is InChI=1S/C26H27NO6S/c1-5-27(23-9-7-6-8-10-23)34(30,31)25-16-21(12-11-18(25)2)26(29)33-17-22-15-20(19(3)28)13-14-24(22)32-4/h6-16H,5,17H2,1-4H3. The van der Waals surface area contributed by atoms with Crippen LogP contribution in [-0.2, 0) is 21.4 Å². The van der Waals surface area contributed by atoms with Gasteiger partial charge in [0.25, 0.3) is 10.0 Å². The number of hydrogen-bond acceptors (Lipinski definition) is 6. The summed E-state index contributed by atoms with van der Waals surface area (Å²) in [5.41, 5.74) is 2.16. The summed E-state index contributed by atoms with van der Waals surface area (Å²) in [6.45, 7) is 4.97. The van der Waals surface area contributed by atoms with E-state index in [1.165, 1.54) is 30.5 Å². The number of carbonyl (C=O) groups excluding carboxylic acids is 2. The first-order chi connectivity index (χ1) is 16.2. The molecule has 8 heteroatoms. The van der Waals surface area contributed by atoms with E-state index in [2.05, 4.69) is 0 Å². The summed E-state index contributed by atoms with van der Waals surface area (Å²) in [5.74, 6) is -0.330. The number of anilines is 1. The van der Waals surface area contributed by atoms with Gasteiger partial charge in [0.05, 0.1) is 23.3 Å². The number of para-hydroxylation sites is 1. The second-order valence-corrected chi connectivity index (χ2v) is 9.48. The minimum absolute atomic E-state index is 0.0313. The highest BCUT2D eigenvalue weighted by Crippen LogP contribution is 2.27. The molecule has 0 saturated carbocycles. The Labute approximate surface area is 200 Å². The molecule has 0 unspecified atom stereocenters. The van der Waals surface area contributed by atoms with Crippen LogP contribution in [0.2, 0.25) is 0 Å². The average Bonchev–Trinajstić information content (AvgIpc) is 2.83. The lowest BCUT2D eigenvalue weighted by molar-refractivity contribution is 0.0470. The lowest BCUT2D eigenvalue weighted by Gasteiger charge is -2.24. The number of sulfonamides is 1. The molecule has 0 spiro atoms. The van der Waals surface area contributed by atoms with E-state index in [-0.39, 0.29) is 29.4 Å². The maximum Gasteiger partial charge on any atom is 0.338 e.